The van der Waals surface area contributed by atoms with Gasteiger partial charge in [-0.05, 0) is 35.9 Å². The third-order valence-electron chi connectivity index (χ3n) is 3.32. The molecule has 0 saturated carbocycles. The highest BCUT2D eigenvalue weighted by atomic mass is 35.5. The van der Waals surface area contributed by atoms with E-state index < -0.39 is 5.92 Å². The molecule has 1 aliphatic heterocycles. The number of rotatable bonds is 3. The summed E-state index contributed by atoms with van der Waals surface area (Å²) in [4.78, 5) is 16.4. The standard InChI is InChI=1S/C16H13ClN2O2/c1-21-12-4-2-3-11(8-12)18-9-14-13-7-10(17)5-6-15(13)19-16(14)20/h2-9,14H,1H3,(H,19,20). The number of methoxy groups -OCH3 is 1. The number of nitrogens with zero attached hydrogens (tertiary/aromatic N) is 1. The molecule has 1 unspecified atom stereocenters. The quantitative estimate of drug-likeness (QED) is 0.877. The number of fused-ring (bicyclic) bond motifs is 1. The van der Waals surface area contributed by atoms with Crippen molar-refractivity contribution in [2.75, 3.05) is 12.4 Å². The lowest BCUT2D eigenvalue weighted by Gasteiger charge is -2.03. The van der Waals surface area contributed by atoms with Crippen molar-refractivity contribution in [1.29, 1.82) is 0 Å². The fourth-order valence-electron chi connectivity index (χ4n) is 2.26. The number of carbonyl (C=O) groups excluding carboxylic acids is 1. The van der Waals surface area contributed by atoms with Crippen LogP contribution in [0.25, 0.3) is 0 Å². The number of carbonyl (C=O) groups is 1. The highest BCUT2D eigenvalue weighted by Gasteiger charge is 2.29. The molecule has 0 fully saturated rings. The average molecular weight is 301 g/mol. The summed E-state index contributed by atoms with van der Waals surface area (Å²) >= 11 is 5.99. The van der Waals surface area contributed by atoms with Crippen LogP contribution in [0.5, 0.6) is 5.75 Å². The fraction of sp³-hybridized carbons (Fsp3) is 0.125. The average Bonchev–Trinajstić information content (AvgIpc) is 2.80. The van der Waals surface area contributed by atoms with Gasteiger partial charge in [0.05, 0.1) is 12.8 Å². The molecule has 0 radical (unpaired) electrons. The second-order valence-corrected chi connectivity index (χ2v) is 5.11. The largest absolute Gasteiger partial charge is 0.497 e. The normalized spacial score (nSPS) is 16.9. The molecule has 2 aromatic rings. The number of hydrogen-bond donors (Lipinski definition) is 1. The molecule has 0 bridgehead atoms. The summed E-state index contributed by atoms with van der Waals surface area (Å²) in [6.07, 6.45) is 1.63. The lowest BCUT2D eigenvalue weighted by Crippen LogP contribution is -2.12. The molecular formula is C16H13ClN2O2. The van der Waals surface area contributed by atoms with Crippen molar-refractivity contribution in [2.24, 2.45) is 4.99 Å². The molecule has 0 aromatic heterocycles. The maximum Gasteiger partial charge on any atom is 0.237 e. The molecule has 1 amide bonds. The number of benzene rings is 2. The first-order valence-corrected chi connectivity index (χ1v) is 6.84. The van der Waals surface area contributed by atoms with Crippen LogP contribution < -0.4 is 10.1 Å². The van der Waals surface area contributed by atoms with Gasteiger partial charge in [-0.2, -0.15) is 0 Å². The van der Waals surface area contributed by atoms with Crippen molar-refractivity contribution in [2.45, 2.75) is 5.92 Å². The Hall–Kier alpha value is -2.33. The zero-order chi connectivity index (χ0) is 14.8. The molecule has 1 atom stereocenters. The molecule has 2 aromatic carbocycles. The maximum atomic E-state index is 12.0. The van der Waals surface area contributed by atoms with Gasteiger partial charge in [0.25, 0.3) is 0 Å². The smallest absolute Gasteiger partial charge is 0.237 e. The molecule has 4 nitrogen and oxygen atoms in total. The molecule has 1 N–H and O–H groups in total. The predicted molar refractivity (Wildman–Crippen MR) is 84.0 cm³/mol. The van der Waals surface area contributed by atoms with E-state index in [4.69, 9.17) is 16.3 Å². The lowest BCUT2D eigenvalue weighted by molar-refractivity contribution is -0.115. The monoisotopic (exact) mass is 300 g/mol. The minimum Gasteiger partial charge on any atom is -0.497 e. The number of halogens is 1. The Morgan fingerprint density at radius 3 is 2.95 bits per heavy atom. The van der Waals surface area contributed by atoms with Crippen LogP contribution in [-0.2, 0) is 4.79 Å². The van der Waals surface area contributed by atoms with E-state index in [2.05, 4.69) is 10.3 Å². The van der Waals surface area contributed by atoms with Crippen LogP contribution in [0.2, 0.25) is 5.02 Å². The van der Waals surface area contributed by atoms with Gasteiger partial charge in [0.2, 0.25) is 5.91 Å². The number of nitrogens with one attached hydrogen (secondary N) is 1. The molecule has 3 rings (SSSR count). The Morgan fingerprint density at radius 2 is 2.14 bits per heavy atom. The van der Waals surface area contributed by atoms with Crippen LogP contribution in [0.3, 0.4) is 0 Å². The summed E-state index contributed by atoms with van der Waals surface area (Å²) < 4.78 is 5.15. The minimum absolute atomic E-state index is 0.0982. The van der Waals surface area contributed by atoms with Crippen LogP contribution in [0.15, 0.2) is 47.5 Å². The zero-order valence-electron chi connectivity index (χ0n) is 11.3. The highest BCUT2D eigenvalue weighted by Crippen LogP contribution is 2.34. The van der Waals surface area contributed by atoms with Crippen LogP contribution in [0.1, 0.15) is 11.5 Å². The topological polar surface area (TPSA) is 50.7 Å². The van der Waals surface area contributed by atoms with Crippen molar-refractivity contribution < 1.29 is 9.53 Å². The summed E-state index contributed by atoms with van der Waals surface area (Å²) in [6, 6.07) is 12.7. The highest BCUT2D eigenvalue weighted by molar-refractivity contribution is 6.31. The number of amides is 1. The van der Waals surface area contributed by atoms with E-state index in [0.29, 0.717) is 5.02 Å². The van der Waals surface area contributed by atoms with Crippen molar-refractivity contribution >= 4 is 35.1 Å². The Balaban J connectivity index is 1.89. The van der Waals surface area contributed by atoms with Crippen LogP contribution in [-0.4, -0.2) is 19.2 Å². The van der Waals surface area contributed by atoms with Crippen LogP contribution >= 0.6 is 11.6 Å². The van der Waals surface area contributed by atoms with Gasteiger partial charge in [-0.3, -0.25) is 9.79 Å². The van der Waals surface area contributed by atoms with Gasteiger partial charge in [-0.1, -0.05) is 17.7 Å². The first kappa shape index (κ1) is 13.6. The molecular weight excluding hydrogens is 288 g/mol. The Kier molecular flexibility index (Phi) is 3.62. The molecule has 5 heteroatoms. The van der Waals surface area contributed by atoms with E-state index >= 15 is 0 Å². The van der Waals surface area contributed by atoms with E-state index in [-0.39, 0.29) is 5.91 Å². The van der Waals surface area contributed by atoms with Crippen molar-refractivity contribution in [1.82, 2.24) is 0 Å². The van der Waals surface area contributed by atoms with Gasteiger partial charge >= 0.3 is 0 Å². The van der Waals surface area contributed by atoms with Gasteiger partial charge in [0, 0.05) is 23.0 Å². The summed E-state index contributed by atoms with van der Waals surface area (Å²) in [5.41, 5.74) is 2.36. The first-order valence-electron chi connectivity index (χ1n) is 6.46. The van der Waals surface area contributed by atoms with E-state index in [0.717, 1.165) is 22.7 Å². The van der Waals surface area contributed by atoms with Gasteiger partial charge in [0.1, 0.15) is 11.7 Å². The lowest BCUT2D eigenvalue weighted by atomic mass is 10.0. The molecule has 106 valence electrons. The van der Waals surface area contributed by atoms with Gasteiger partial charge in [0.15, 0.2) is 0 Å². The molecule has 21 heavy (non-hydrogen) atoms. The molecule has 1 aliphatic rings. The van der Waals surface area contributed by atoms with Crippen molar-refractivity contribution in [3.8, 4) is 5.75 Å². The fourth-order valence-corrected chi connectivity index (χ4v) is 2.44. The third kappa shape index (κ3) is 2.76. The second kappa shape index (κ2) is 5.58. The SMILES string of the molecule is COc1cccc(N=CC2C(=O)Nc3ccc(Cl)cc32)c1. The van der Waals surface area contributed by atoms with Crippen LogP contribution in [0, 0.1) is 0 Å². The number of aliphatic imine (C=N–C) groups is 1. The molecule has 0 aliphatic carbocycles. The van der Waals surface area contributed by atoms with E-state index in [9.17, 15) is 4.79 Å². The molecule has 0 spiro atoms. The summed E-state index contributed by atoms with van der Waals surface area (Å²) in [7, 11) is 1.60. The Labute approximate surface area is 127 Å². The van der Waals surface area contributed by atoms with Crippen molar-refractivity contribution in [3.63, 3.8) is 0 Å². The Morgan fingerprint density at radius 1 is 1.29 bits per heavy atom. The van der Waals surface area contributed by atoms with Crippen LogP contribution in [0.4, 0.5) is 11.4 Å². The Bertz CT molecular complexity index is 728. The van der Waals surface area contributed by atoms with E-state index in [1.165, 1.54) is 0 Å². The summed E-state index contributed by atoms with van der Waals surface area (Å²) in [6.45, 7) is 0. The number of hydrogen-bond acceptors (Lipinski definition) is 3. The maximum absolute atomic E-state index is 12.0. The van der Waals surface area contributed by atoms with E-state index in [1.807, 2.05) is 24.3 Å². The molecule has 1 heterocycles. The van der Waals surface area contributed by atoms with Gasteiger partial charge < -0.3 is 10.1 Å². The summed E-state index contributed by atoms with van der Waals surface area (Å²) in [5, 5.41) is 3.42. The van der Waals surface area contributed by atoms with E-state index in [1.54, 1.807) is 31.5 Å². The van der Waals surface area contributed by atoms with Crippen molar-refractivity contribution in [3.05, 3.63) is 53.1 Å². The van der Waals surface area contributed by atoms with Gasteiger partial charge in [-0.25, -0.2) is 0 Å². The first-order chi connectivity index (χ1) is 10.2. The summed E-state index contributed by atoms with van der Waals surface area (Å²) in [5.74, 6) is 0.202. The third-order valence-corrected chi connectivity index (χ3v) is 3.55. The minimum atomic E-state index is -0.426. The predicted octanol–water partition coefficient (Wildman–Crippen LogP) is 3.79. The second-order valence-electron chi connectivity index (χ2n) is 4.68. The number of anilines is 1. The van der Waals surface area contributed by atoms with Gasteiger partial charge in [-0.15, -0.1) is 0 Å². The number of ether oxygens (including phenoxy) is 1. The zero-order valence-corrected chi connectivity index (χ0v) is 12.1. The molecule has 0 saturated heterocycles.